The highest BCUT2D eigenvalue weighted by atomic mass is 16.5. The summed E-state index contributed by atoms with van der Waals surface area (Å²) < 4.78 is 12.4. The Hall–Kier alpha value is -3.48. The molecule has 7 heteroatoms. The van der Waals surface area contributed by atoms with Crippen LogP contribution < -0.4 is 26.7 Å². The first-order valence-electron chi connectivity index (χ1n) is 10.6. The largest absolute Gasteiger partial charge is 0.493 e. The lowest BCUT2D eigenvalue weighted by molar-refractivity contribution is 0.296. The number of benzene rings is 2. The normalized spacial score (nSPS) is 13.2. The van der Waals surface area contributed by atoms with Crippen molar-refractivity contribution in [1.29, 1.82) is 0 Å². The molecule has 0 radical (unpaired) electrons. The molecule has 1 fully saturated rings. The van der Waals surface area contributed by atoms with Gasteiger partial charge in [0, 0.05) is 23.9 Å². The van der Waals surface area contributed by atoms with E-state index < -0.39 is 0 Å². The number of nitrogens with zero attached hydrogens (tertiary/aromatic N) is 2. The Kier molecular flexibility index (Phi) is 5.84. The van der Waals surface area contributed by atoms with E-state index in [1.807, 2.05) is 32.0 Å². The van der Waals surface area contributed by atoms with E-state index >= 15 is 0 Å². The zero-order valence-electron chi connectivity index (χ0n) is 18.0. The van der Waals surface area contributed by atoms with E-state index in [-0.39, 0.29) is 5.95 Å². The van der Waals surface area contributed by atoms with Gasteiger partial charge in [-0.25, -0.2) is 4.98 Å². The molecule has 1 heterocycles. The van der Waals surface area contributed by atoms with Crippen LogP contribution in [0.25, 0.3) is 11.1 Å². The van der Waals surface area contributed by atoms with E-state index in [2.05, 4.69) is 22.1 Å². The first kappa shape index (κ1) is 20.8. The molecule has 1 aliphatic rings. The third-order valence-corrected chi connectivity index (χ3v) is 5.47. The quantitative estimate of drug-likeness (QED) is 0.472. The number of hydrogen-bond acceptors (Lipinski definition) is 7. The summed E-state index contributed by atoms with van der Waals surface area (Å²) in [6.45, 7) is 5.21. The molecule has 1 saturated carbocycles. The van der Waals surface area contributed by atoms with Gasteiger partial charge in [0.25, 0.3) is 0 Å². The van der Waals surface area contributed by atoms with Crippen LogP contribution in [-0.2, 0) is 6.42 Å². The lowest BCUT2D eigenvalue weighted by atomic mass is 9.97. The molecule has 6 N–H and O–H groups in total. The summed E-state index contributed by atoms with van der Waals surface area (Å²) >= 11 is 0. The predicted molar refractivity (Wildman–Crippen MR) is 124 cm³/mol. The fourth-order valence-electron chi connectivity index (χ4n) is 3.53. The Bertz CT molecular complexity index is 1100. The van der Waals surface area contributed by atoms with Gasteiger partial charge in [-0.15, -0.1) is 0 Å². The monoisotopic (exact) mass is 419 g/mol. The van der Waals surface area contributed by atoms with Gasteiger partial charge < -0.3 is 26.7 Å². The van der Waals surface area contributed by atoms with Crippen LogP contribution in [0.5, 0.6) is 11.5 Å². The van der Waals surface area contributed by atoms with Crippen molar-refractivity contribution in [3.63, 3.8) is 0 Å². The number of anilines is 3. The molecule has 31 heavy (non-hydrogen) atoms. The molecule has 0 amide bonds. The van der Waals surface area contributed by atoms with Gasteiger partial charge in [0.05, 0.1) is 18.8 Å². The molecule has 3 aromatic rings. The molecule has 0 atom stereocenters. The summed E-state index contributed by atoms with van der Waals surface area (Å²) in [5, 5.41) is 0. The van der Waals surface area contributed by atoms with Gasteiger partial charge in [0.1, 0.15) is 17.3 Å². The van der Waals surface area contributed by atoms with Crippen molar-refractivity contribution in [2.24, 2.45) is 5.92 Å². The fourth-order valence-corrected chi connectivity index (χ4v) is 3.53. The first-order chi connectivity index (χ1) is 14.9. The summed E-state index contributed by atoms with van der Waals surface area (Å²) in [4.78, 5) is 8.15. The minimum Gasteiger partial charge on any atom is -0.493 e. The highest BCUT2D eigenvalue weighted by molar-refractivity contribution is 5.79. The zero-order chi connectivity index (χ0) is 22.0. The van der Waals surface area contributed by atoms with Crippen molar-refractivity contribution >= 4 is 17.5 Å². The molecule has 0 spiro atoms. The predicted octanol–water partition coefficient (Wildman–Crippen LogP) is 3.98. The zero-order valence-corrected chi connectivity index (χ0v) is 18.0. The van der Waals surface area contributed by atoms with E-state index in [9.17, 15) is 0 Å². The Morgan fingerprint density at radius 1 is 1.03 bits per heavy atom. The molecule has 0 aliphatic heterocycles. The van der Waals surface area contributed by atoms with Crippen LogP contribution >= 0.6 is 0 Å². The van der Waals surface area contributed by atoms with Crippen LogP contribution in [-0.4, -0.2) is 23.2 Å². The van der Waals surface area contributed by atoms with E-state index in [1.54, 1.807) is 6.20 Å². The average Bonchev–Trinajstić information content (AvgIpc) is 3.55. The lowest BCUT2D eigenvalue weighted by Crippen LogP contribution is -2.06. The van der Waals surface area contributed by atoms with Crippen molar-refractivity contribution in [3.8, 4) is 22.6 Å². The number of ether oxygens (including phenoxy) is 2. The number of nitrogens with two attached hydrogens (primary N) is 3. The molecule has 162 valence electrons. The Morgan fingerprint density at radius 3 is 2.42 bits per heavy atom. The van der Waals surface area contributed by atoms with Crippen molar-refractivity contribution in [2.75, 3.05) is 30.4 Å². The minimum atomic E-state index is 0.166. The summed E-state index contributed by atoms with van der Waals surface area (Å²) in [5.74, 6) is 2.74. The van der Waals surface area contributed by atoms with E-state index in [0.29, 0.717) is 31.4 Å². The number of rotatable bonds is 8. The topological polar surface area (TPSA) is 122 Å². The maximum atomic E-state index is 6.31. The van der Waals surface area contributed by atoms with Crippen LogP contribution in [0, 0.1) is 12.8 Å². The van der Waals surface area contributed by atoms with E-state index in [4.69, 9.17) is 26.7 Å². The van der Waals surface area contributed by atoms with Gasteiger partial charge in [0.2, 0.25) is 5.95 Å². The van der Waals surface area contributed by atoms with E-state index in [1.165, 1.54) is 12.8 Å². The standard InChI is InChI=1S/C24H29N5O2/c1-3-30-20-10-16(9-18-12-28-24(27)29-23(18)26)11-21(31-13-15-4-5-15)22(20)17-6-7-19(25)14(2)8-17/h6-8,10-12,15H,3-5,9,13,25H2,1-2H3,(H4,26,27,28,29). The maximum Gasteiger partial charge on any atom is 0.221 e. The van der Waals surface area contributed by atoms with Crippen LogP contribution in [0.1, 0.15) is 36.5 Å². The van der Waals surface area contributed by atoms with Crippen molar-refractivity contribution in [3.05, 3.63) is 53.2 Å². The highest BCUT2D eigenvalue weighted by Crippen LogP contribution is 2.42. The smallest absolute Gasteiger partial charge is 0.221 e. The second-order valence-electron chi connectivity index (χ2n) is 8.04. The Balaban J connectivity index is 1.78. The van der Waals surface area contributed by atoms with Gasteiger partial charge in [0.15, 0.2) is 0 Å². The lowest BCUT2D eigenvalue weighted by Gasteiger charge is -2.19. The van der Waals surface area contributed by atoms with Crippen LogP contribution in [0.15, 0.2) is 36.5 Å². The maximum absolute atomic E-state index is 6.31. The number of hydrogen-bond donors (Lipinski definition) is 3. The number of aromatic nitrogens is 2. The summed E-state index contributed by atoms with van der Waals surface area (Å²) in [6, 6.07) is 10.1. The van der Waals surface area contributed by atoms with E-state index in [0.717, 1.165) is 45.0 Å². The highest BCUT2D eigenvalue weighted by Gasteiger charge is 2.24. The average molecular weight is 420 g/mol. The molecule has 2 aromatic carbocycles. The molecule has 4 rings (SSSR count). The van der Waals surface area contributed by atoms with Gasteiger partial charge in [-0.3, -0.25) is 0 Å². The van der Waals surface area contributed by atoms with Crippen molar-refractivity contribution in [1.82, 2.24) is 9.97 Å². The number of nitrogen functional groups attached to an aromatic ring is 3. The SMILES string of the molecule is CCOc1cc(Cc2cnc(N)nc2N)cc(OCC2CC2)c1-c1ccc(N)c(C)c1. The second-order valence-corrected chi connectivity index (χ2v) is 8.04. The third-order valence-electron chi connectivity index (χ3n) is 5.47. The Morgan fingerprint density at radius 2 is 1.77 bits per heavy atom. The van der Waals surface area contributed by atoms with Crippen LogP contribution in [0.4, 0.5) is 17.5 Å². The molecular formula is C24H29N5O2. The van der Waals surface area contributed by atoms with Crippen molar-refractivity contribution in [2.45, 2.75) is 33.1 Å². The Labute approximate surface area is 182 Å². The number of aryl methyl sites for hydroxylation is 1. The molecule has 0 unspecified atom stereocenters. The molecule has 0 saturated heterocycles. The van der Waals surface area contributed by atoms with Gasteiger partial charge in [-0.2, -0.15) is 4.98 Å². The molecule has 1 aromatic heterocycles. The minimum absolute atomic E-state index is 0.166. The third kappa shape index (κ3) is 4.82. The second kappa shape index (κ2) is 8.71. The summed E-state index contributed by atoms with van der Waals surface area (Å²) in [6.07, 6.45) is 4.65. The van der Waals surface area contributed by atoms with Crippen molar-refractivity contribution < 1.29 is 9.47 Å². The van der Waals surface area contributed by atoms with Gasteiger partial charge >= 0.3 is 0 Å². The van der Waals surface area contributed by atoms with Gasteiger partial charge in [-0.1, -0.05) is 6.07 Å². The molecule has 1 aliphatic carbocycles. The fraction of sp³-hybridized carbons (Fsp3) is 0.333. The van der Waals surface area contributed by atoms with Gasteiger partial charge in [-0.05, 0) is 73.6 Å². The molecule has 0 bridgehead atoms. The first-order valence-corrected chi connectivity index (χ1v) is 10.6. The summed E-state index contributed by atoms with van der Waals surface area (Å²) in [5.41, 5.74) is 23.3. The van der Waals surface area contributed by atoms with Crippen LogP contribution in [0.2, 0.25) is 0 Å². The molecule has 7 nitrogen and oxygen atoms in total. The molecular weight excluding hydrogens is 390 g/mol. The van der Waals surface area contributed by atoms with Crippen LogP contribution in [0.3, 0.4) is 0 Å². The summed E-state index contributed by atoms with van der Waals surface area (Å²) in [7, 11) is 0.